The molecule has 0 unspecified atom stereocenters. The number of hydrogen-bond donors (Lipinski definition) is 1. The molecule has 0 aromatic heterocycles. The van der Waals surface area contributed by atoms with Crippen LogP contribution in [0.5, 0.6) is 0 Å². The fourth-order valence-corrected chi connectivity index (χ4v) is 2.12. The van der Waals surface area contributed by atoms with Crippen LogP contribution in [0.4, 0.5) is 0 Å². The number of nitrogens with one attached hydrogen (secondary N) is 1. The number of nitriles is 1. The lowest BCUT2D eigenvalue weighted by molar-refractivity contribution is -0.129. The van der Waals surface area contributed by atoms with Gasteiger partial charge in [-0.1, -0.05) is 25.3 Å². The largest absolute Gasteiger partial charge is 0.376 e. The maximum Gasteiger partial charge on any atom is 0.240 e. The number of carbonyl (C=O) groups excluding carboxylic acids is 1. The van der Waals surface area contributed by atoms with Gasteiger partial charge in [0.2, 0.25) is 5.91 Å². The molecule has 1 N–H and O–H groups in total. The van der Waals surface area contributed by atoms with Crippen LogP contribution in [-0.2, 0) is 9.53 Å². The Labute approximate surface area is 103 Å². The van der Waals surface area contributed by atoms with Gasteiger partial charge in [0.25, 0.3) is 0 Å². The Kier molecular flexibility index (Phi) is 5.71. The summed E-state index contributed by atoms with van der Waals surface area (Å²) in [5.74, 6) is -0.137. The molecule has 1 aliphatic carbocycles. The number of carbonyl (C=O) groups is 1. The van der Waals surface area contributed by atoms with E-state index in [0.29, 0.717) is 32.6 Å². The summed E-state index contributed by atoms with van der Waals surface area (Å²) in [6.07, 6.45) is 6.09. The summed E-state index contributed by atoms with van der Waals surface area (Å²) in [6.45, 7) is 4.93. The Morgan fingerprint density at radius 3 is 2.76 bits per heavy atom. The van der Waals surface area contributed by atoms with Gasteiger partial charge < -0.3 is 10.1 Å². The molecule has 0 aromatic rings. The molecule has 94 valence electrons. The third-order valence-electron chi connectivity index (χ3n) is 3.12. The third kappa shape index (κ3) is 3.86. The fourth-order valence-electron chi connectivity index (χ4n) is 2.12. The predicted molar refractivity (Wildman–Crippen MR) is 65.2 cm³/mol. The molecule has 1 saturated carbocycles. The molecule has 17 heavy (non-hydrogen) atoms. The van der Waals surface area contributed by atoms with Crippen molar-refractivity contribution < 1.29 is 9.53 Å². The van der Waals surface area contributed by atoms with Crippen molar-refractivity contribution in [2.75, 3.05) is 19.8 Å². The van der Waals surface area contributed by atoms with Crippen molar-refractivity contribution in [3.8, 4) is 6.07 Å². The molecule has 4 nitrogen and oxygen atoms in total. The van der Waals surface area contributed by atoms with Crippen LogP contribution >= 0.6 is 0 Å². The van der Waals surface area contributed by atoms with Gasteiger partial charge in [-0.05, 0) is 12.8 Å². The van der Waals surface area contributed by atoms with E-state index in [4.69, 9.17) is 4.74 Å². The minimum absolute atomic E-state index is 0.137. The molecule has 0 atom stereocenters. The Balaban J connectivity index is 2.34. The minimum Gasteiger partial charge on any atom is -0.376 e. The topological polar surface area (TPSA) is 62.1 Å². The van der Waals surface area contributed by atoms with Crippen LogP contribution in [0.25, 0.3) is 0 Å². The molecule has 0 aromatic carbocycles. The number of amides is 1. The van der Waals surface area contributed by atoms with Gasteiger partial charge in [-0.25, -0.2) is 0 Å². The lowest BCUT2D eigenvalue weighted by atomic mass is 9.74. The van der Waals surface area contributed by atoms with Crippen molar-refractivity contribution in [3.63, 3.8) is 0 Å². The van der Waals surface area contributed by atoms with E-state index in [1.807, 2.05) is 0 Å². The van der Waals surface area contributed by atoms with E-state index in [-0.39, 0.29) is 5.91 Å². The zero-order valence-corrected chi connectivity index (χ0v) is 10.2. The molecule has 0 saturated heterocycles. The number of nitrogens with zero attached hydrogens (tertiary/aromatic N) is 1. The molecule has 1 aliphatic rings. The fraction of sp³-hybridized carbons (Fsp3) is 0.692. The number of hydrogen-bond acceptors (Lipinski definition) is 3. The van der Waals surface area contributed by atoms with Crippen LogP contribution in [0.15, 0.2) is 12.7 Å². The molecular formula is C13H20N2O2. The van der Waals surface area contributed by atoms with E-state index >= 15 is 0 Å². The summed E-state index contributed by atoms with van der Waals surface area (Å²) in [7, 11) is 0. The van der Waals surface area contributed by atoms with E-state index in [0.717, 1.165) is 19.3 Å². The van der Waals surface area contributed by atoms with Crippen LogP contribution in [0.2, 0.25) is 0 Å². The number of ether oxygens (including phenoxy) is 1. The zero-order valence-electron chi connectivity index (χ0n) is 10.2. The second-order valence-corrected chi connectivity index (χ2v) is 4.37. The van der Waals surface area contributed by atoms with Gasteiger partial charge in [-0.3, -0.25) is 4.79 Å². The van der Waals surface area contributed by atoms with Gasteiger partial charge in [0.15, 0.2) is 0 Å². The van der Waals surface area contributed by atoms with Crippen molar-refractivity contribution in [1.82, 2.24) is 5.32 Å². The lowest BCUT2D eigenvalue weighted by Crippen LogP contribution is -2.42. The average molecular weight is 236 g/mol. The third-order valence-corrected chi connectivity index (χ3v) is 3.12. The summed E-state index contributed by atoms with van der Waals surface area (Å²) in [5.41, 5.74) is -0.795. The monoisotopic (exact) mass is 236 g/mol. The standard InChI is InChI=1S/C13H20N2O2/c1-2-9-17-10-8-15-12(16)13(11-14)6-4-3-5-7-13/h2H,1,3-10H2,(H,15,16). The lowest BCUT2D eigenvalue weighted by Gasteiger charge is -2.29. The van der Waals surface area contributed by atoms with Crippen molar-refractivity contribution >= 4 is 5.91 Å². The molecular weight excluding hydrogens is 216 g/mol. The Bertz CT molecular complexity index is 301. The predicted octanol–water partition coefficient (Wildman–Crippen LogP) is 1.78. The highest BCUT2D eigenvalue weighted by molar-refractivity contribution is 5.85. The van der Waals surface area contributed by atoms with Gasteiger partial charge in [0.1, 0.15) is 5.41 Å². The van der Waals surface area contributed by atoms with Gasteiger partial charge >= 0.3 is 0 Å². The summed E-state index contributed by atoms with van der Waals surface area (Å²) < 4.78 is 5.17. The maximum atomic E-state index is 12.0. The highest BCUT2D eigenvalue weighted by Crippen LogP contribution is 2.35. The van der Waals surface area contributed by atoms with Crippen LogP contribution in [-0.4, -0.2) is 25.7 Å². The van der Waals surface area contributed by atoms with Gasteiger partial charge in [0.05, 0.1) is 19.3 Å². The van der Waals surface area contributed by atoms with Gasteiger partial charge in [0, 0.05) is 6.54 Å². The first-order valence-electron chi connectivity index (χ1n) is 6.13. The van der Waals surface area contributed by atoms with Crippen LogP contribution < -0.4 is 5.32 Å². The minimum atomic E-state index is -0.795. The summed E-state index contributed by atoms with van der Waals surface area (Å²) in [4.78, 5) is 12.0. The number of rotatable bonds is 6. The molecule has 1 amide bonds. The van der Waals surface area contributed by atoms with Crippen molar-refractivity contribution in [2.45, 2.75) is 32.1 Å². The molecule has 4 heteroatoms. The smallest absolute Gasteiger partial charge is 0.240 e. The molecule has 0 heterocycles. The van der Waals surface area contributed by atoms with E-state index in [9.17, 15) is 10.1 Å². The first-order chi connectivity index (χ1) is 8.25. The van der Waals surface area contributed by atoms with Crippen LogP contribution in [0.3, 0.4) is 0 Å². The van der Waals surface area contributed by atoms with Crippen LogP contribution in [0, 0.1) is 16.7 Å². The summed E-state index contributed by atoms with van der Waals surface area (Å²) in [5, 5.41) is 12.0. The molecule has 0 spiro atoms. The van der Waals surface area contributed by atoms with E-state index in [1.165, 1.54) is 0 Å². The Hall–Kier alpha value is -1.34. The average Bonchev–Trinajstić information content (AvgIpc) is 2.39. The van der Waals surface area contributed by atoms with E-state index in [1.54, 1.807) is 6.08 Å². The molecule has 1 rings (SSSR count). The van der Waals surface area contributed by atoms with Crippen molar-refractivity contribution in [1.29, 1.82) is 5.26 Å². The SMILES string of the molecule is C=CCOCCNC(=O)C1(C#N)CCCCC1. The summed E-state index contributed by atoms with van der Waals surface area (Å²) in [6, 6.07) is 2.20. The summed E-state index contributed by atoms with van der Waals surface area (Å²) >= 11 is 0. The molecule has 1 fully saturated rings. The zero-order chi connectivity index (χ0) is 12.6. The molecule has 0 radical (unpaired) electrons. The highest BCUT2D eigenvalue weighted by atomic mass is 16.5. The Morgan fingerprint density at radius 2 is 2.18 bits per heavy atom. The van der Waals surface area contributed by atoms with Crippen molar-refractivity contribution in [2.24, 2.45) is 5.41 Å². The quantitative estimate of drug-likeness (QED) is 0.565. The molecule has 0 aliphatic heterocycles. The maximum absolute atomic E-state index is 12.0. The second kappa shape index (κ2) is 7.08. The first kappa shape index (κ1) is 13.7. The normalized spacial score (nSPS) is 18.1. The first-order valence-corrected chi connectivity index (χ1v) is 6.13. The van der Waals surface area contributed by atoms with Crippen LogP contribution in [0.1, 0.15) is 32.1 Å². The molecule has 0 bridgehead atoms. The highest BCUT2D eigenvalue weighted by Gasteiger charge is 2.39. The van der Waals surface area contributed by atoms with Crippen molar-refractivity contribution in [3.05, 3.63) is 12.7 Å². The van der Waals surface area contributed by atoms with E-state index in [2.05, 4.69) is 18.0 Å². The van der Waals surface area contributed by atoms with Gasteiger partial charge in [-0.15, -0.1) is 6.58 Å². The second-order valence-electron chi connectivity index (χ2n) is 4.37. The van der Waals surface area contributed by atoms with E-state index < -0.39 is 5.41 Å². The van der Waals surface area contributed by atoms with Gasteiger partial charge in [-0.2, -0.15) is 5.26 Å². The Morgan fingerprint density at radius 1 is 1.47 bits per heavy atom.